The highest BCUT2D eigenvalue weighted by Gasteiger charge is 2.21. The maximum atomic E-state index is 12.8. The van der Waals surface area contributed by atoms with Crippen LogP contribution >= 0.6 is 0 Å². The third kappa shape index (κ3) is 5.31. The first-order chi connectivity index (χ1) is 17.3. The van der Waals surface area contributed by atoms with Crippen molar-refractivity contribution in [1.29, 1.82) is 0 Å². The molecule has 0 radical (unpaired) electrons. The van der Waals surface area contributed by atoms with Crippen LogP contribution in [0.2, 0.25) is 0 Å². The summed E-state index contributed by atoms with van der Waals surface area (Å²) in [7, 11) is -2.28. The van der Waals surface area contributed by atoms with Crippen LogP contribution in [0.1, 0.15) is 16.1 Å². The number of carbonyl (C=O) groups excluding carboxylic acids is 1. The van der Waals surface area contributed by atoms with Crippen LogP contribution in [-0.2, 0) is 10.0 Å². The molecule has 3 aromatic carbocycles. The predicted octanol–water partition coefficient (Wildman–Crippen LogP) is 4.44. The molecule has 11 heteroatoms. The van der Waals surface area contributed by atoms with Crippen molar-refractivity contribution in [3.8, 4) is 11.3 Å². The third-order valence-electron chi connectivity index (χ3n) is 5.24. The highest BCUT2D eigenvalue weighted by molar-refractivity contribution is 7.92. The summed E-state index contributed by atoms with van der Waals surface area (Å²) >= 11 is 0. The minimum atomic E-state index is -3.73. The molecule has 0 bridgehead atoms. The van der Waals surface area contributed by atoms with Crippen LogP contribution in [0.15, 0.2) is 105 Å². The van der Waals surface area contributed by atoms with E-state index in [0.29, 0.717) is 22.8 Å². The molecule has 0 atom stereocenters. The number of nitrogens with zero attached hydrogens (tertiary/aromatic N) is 3. The van der Waals surface area contributed by atoms with Gasteiger partial charge in [0.2, 0.25) is 0 Å². The zero-order valence-corrected chi connectivity index (χ0v) is 19.8. The molecule has 0 aliphatic carbocycles. The molecule has 10 nitrogen and oxygen atoms in total. The first kappa shape index (κ1) is 24.4. The Morgan fingerprint density at radius 3 is 2.28 bits per heavy atom. The lowest BCUT2D eigenvalue weighted by Gasteiger charge is -2.19. The largest absolute Gasteiger partial charge is 0.455 e. The molecular weight excluding hydrogens is 484 g/mol. The molecule has 1 aromatic heterocycles. The normalized spacial score (nSPS) is 11.4. The Balaban J connectivity index is 1.38. The summed E-state index contributed by atoms with van der Waals surface area (Å²) < 4.78 is 32.3. The van der Waals surface area contributed by atoms with E-state index >= 15 is 0 Å². The first-order valence-electron chi connectivity index (χ1n) is 10.6. The maximum absolute atomic E-state index is 12.8. The molecule has 0 spiro atoms. The molecule has 1 N–H and O–H groups in total. The van der Waals surface area contributed by atoms with Gasteiger partial charge in [-0.15, -0.1) is 0 Å². The summed E-state index contributed by atoms with van der Waals surface area (Å²) in [5.41, 5.74) is 3.70. The van der Waals surface area contributed by atoms with Gasteiger partial charge in [-0.05, 0) is 60.7 Å². The van der Waals surface area contributed by atoms with Crippen LogP contribution in [0.4, 0.5) is 11.4 Å². The number of hydrazone groups is 1. The Morgan fingerprint density at radius 1 is 0.972 bits per heavy atom. The van der Waals surface area contributed by atoms with Gasteiger partial charge in [-0.1, -0.05) is 18.2 Å². The number of carbonyl (C=O) groups is 1. The minimum Gasteiger partial charge on any atom is -0.455 e. The SMILES string of the molecule is CN(c1ccc(C(=O)N/N=C\c2ccc(-c3ccc([N+](=O)[O-])cc3)o2)cc1)S(=O)(=O)c1ccccc1. The van der Waals surface area contributed by atoms with E-state index in [1.54, 1.807) is 42.5 Å². The van der Waals surface area contributed by atoms with E-state index in [-0.39, 0.29) is 16.1 Å². The third-order valence-corrected chi connectivity index (χ3v) is 7.04. The summed E-state index contributed by atoms with van der Waals surface area (Å²) in [5, 5.41) is 14.7. The number of hydrogen-bond donors (Lipinski definition) is 1. The second-order valence-corrected chi connectivity index (χ2v) is 9.51. The van der Waals surface area contributed by atoms with Gasteiger partial charge in [0.1, 0.15) is 11.5 Å². The highest BCUT2D eigenvalue weighted by Crippen LogP contribution is 2.24. The zero-order valence-electron chi connectivity index (χ0n) is 18.9. The van der Waals surface area contributed by atoms with Gasteiger partial charge in [-0.2, -0.15) is 5.10 Å². The Morgan fingerprint density at radius 2 is 1.64 bits per heavy atom. The monoisotopic (exact) mass is 504 g/mol. The number of anilines is 1. The second kappa shape index (κ2) is 10.2. The Labute approximate surface area is 206 Å². The van der Waals surface area contributed by atoms with E-state index in [0.717, 1.165) is 4.31 Å². The van der Waals surface area contributed by atoms with Crippen molar-refractivity contribution in [2.75, 3.05) is 11.4 Å². The number of amides is 1. The molecule has 0 aliphatic heterocycles. The van der Waals surface area contributed by atoms with Gasteiger partial charge in [0.15, 0.2) is 0 Å². The number of sulfonamides is 1. The van der Waals surface area contributed by atoms with E-state index in [2.05, 4.69) is 10.5 Å². The lowest BCUT2D eigenvalue weighted by molar-refractivity contribution is -0.384. The quantitative estimate of drug-likeness (QED) is 0.214. The van der Waals surface area contributed by atoms with Crippen molar-refractivity contribution in [2.24, 2.45) is 5.10 Å². The number of furan rings is 1. The molecule has 0 saturated heterocycles. The number of rotatable bonds is 8. The van der Waals surface area contributed by atoms with Crippen molar-refractivity contribution in [1.82, 2.24) is 5.43 Å². The van der Waals surface area contributed by atoms with Crippen molar-refractivity contribution in [3.63, 3.8) is 0 Å². The van der Waals surface area contributed by atoms with Crippen molar-refractivity contribution in [2.45, 2.75) is 4.90 Å². The highest BCUT2D eigenvalue weighted by atomic mass is 32.2. The van der Waals surface area contributed by atoms with E-state index in [1.165, 1.54) is 61.8 Å². The van der Waals surface area contributed by atoms with Gasteiger partial charge in [0.05, 0.1) is 21.7 Å². The van der Waals surface area contributed by atoms with Crippen LogP contribution in [0.5, 0.6) is 0 Å². The summed E-state index contributed by atoms with van der Waals surface area (Å²) in [6, 6.07) is 23.3. The molecule has 0 saturated carbocycles. The minimum absolute atomic E-state index is 0.0210. The maximum Gasteiger partial charge on any atom is 0.271 e. The Bertz CT molecular complexity index is 1510. The molecule has 4 aromatic rings. The van der Waals surface area contributed by atoms with E-state index < -0.39 is 20.9 Å². The summed E-state index contributed by atoms with van der Waals surface area (Å²) in [6.45, 7) is 0. The molecular formula is C25H20N4O6S. The number of benzene rings is 3. The number of nitro groups is 1. The second-order valence-electron chi connectivity index (χ2n) is 7.54. The van der Waals surface area contributed by atoms with Gasteiger partial charge in [0.25, 0.3) is 21.6 Å². The Kier molecular flexibility index (Phi) is 6.93. The predicted molar refractivity (Wildman–Crippen MR) is 134 cm³/mol. The van der Waals surface area contributed by atoms with Crippen LogP contribution < -0.4 is 9.73 Å². The van der Waals surface area contributed by atoms with E-state index in [4.69, 9.17) is 4.42 Å². The number of nitrogens with one attached hydrogen (secondary N) is 1. The summed E-state index contributed by atoms with van der Waals surface area (Å²) in [5.74, 6) is 0.364. The Hall–Kier alpha value is -4.77. The molecule has 0 aliphatic rings. The van der Waals surface area contributed by atoms with E-state index in [1.807, 2.05) is 0 Å². The number of hydrogen-bond acceptors (Lipinski definition) is 7. The van der Waals surface area contributed by atoms with Gasteiger partial charge in [0, 0.05) is 30.3 Å². The van der Waals surface area contributed by atoms with Gasteiger partial charge in [-0.3, -0.25) is 19.2 Å². The van der Waals surface area contributed by atoms with Crippen molar-refractivity contribution in [3.05, 3.63) is 112 Å². The van der Waals surface area contributed by atoms with E-state index in [9.17, 15) is 23.3 Å². The molecule has 1 heterocycles. The fourth-order valence-corrected chi connectivity index (χ4v) is 4.47. The smallest absolute Gasteiger partial charge is 0.271 e. The van der Waals surface area contributed by atoms with Crippen molar-refractivity contribution < 1.29 is 22.6 Å². The van der Waals surface area contributed by atoms with Gasteiger partial charge >= 0.3 is 0 Å². The van der Waals surface area contributed by atoms with Crippen molar-refractivity contribution >= 4 is 33.5 Å². The fraction of sp³-hybridized carbons (Fsp3) is 0.0400. The standard InChI is InChI=1S/C25H20N4O6S/c1-28(36(33,34)23-5-3-2-4-6-23)20-11-9-19(10-12-20)25(30)27-26-17-22-15-16-24(35-22)18-7-13-21(14-8-18)29(31)32/h2-17H,1H3,(H,27,30)/b26-17-. The number of nitro benzene ring substituents is 1. The molecule has 1 amide bonds. The summed E-state index contributed by atoms with van der Waals surface area (Å²) in [6.07, 6.45) is 1.32. The van der Waals surface area contributed by atoms with Crippen LogP contribution in [-0.4, -0.2) is 32.5 Å². The van der Waals surface area contributed by atoms with Crippen LogP contribution in [0.3, 0.4) is 0 Å². The topological polar surface area (TPSA) is 135 Å². The molecule has 182 valence electrons. The van der Waals surface area contributed by atoms with Crippen LogP contribution in [0.25, 0.3) is 11.3 Å². The molecule has 0 fully saturated rings. The van der Waals surface area contributed by atoms with Gasteiger partial charge < -0.3 is 4.42 Å². The number of non-ortho nitro benzene ring substituents is 1. The summed E-state index contributed by atoms with van der Waals surface area (Å²) in [4.78, 5) is 22.9. The molecule has 0 unspecified atom stereocenters. The average molecular weight is 505 g/mol. The average Bonchev–Trinajstić information content (AvgIpc) is 3.37. The fourth-order valence-electron chi connectivity index (χ4n) is 3.26. The van der Waals surface area contributed by atoms with Gasteiger partial charge in [-0.25, -0.2) is 13.8 Å². The molecule has 4 rings (SSSR count). The molecule has 36 heavy (non-hydrogen) atoms. The van der Waals surface area contributed by atoms with Crippen LogP contribution in [0, 0.1) is 10.1 Å². The lowest BCUT2D eigenvalue weighted by atomic mass is 10.1. The lowest BCUT2D eigenvalue weighted by Crippen LogP contribution is -2.26. The first-order valence-corrected chi connectivity index (χ1v) is 12.0. The zero-order chi connectivity index (χ0) is 25.7.